The van der Waals surface area contributed by atoms with Gasteiger partial charge >= 0.3 is 0 Å². The van der Waals surface area contributed by atoms with Gasteiger partial charge in [-0.1, -0.05) is 30.3 Å². The molecule has 0 atom stereocenters. The van der Waals surface area contributed by atoms with Crippen molar-refractivity contribution in [2.75, 3.05) is 0 Å². The second-order valence-electron chi connectivity index (χ2n) is 6.74. The quantitative estimate of drug-likeness (QED) is 0.716. The summed E-state index contributed by atoms with van der Waals surface area (Å²) < 4.78 is 7.20. The summed E-state index contributed by atoms with van der Waals surface area (Å²) >= 11 is 0. The van der Waals surface area contributed by atoms with E-state index in [9.17, 15) is 9.59 Å². The lowest BCUT2D eigenvalue weighted by molar-refractivity contribution is 0.0943. The van der Waals surface area contributed by atoms with E-state index >= 15 is 0 Å². The van der Waals surface area contributed by atoms with Crippen molar-refractivity contribution in [3.8, 4) is 11.4 Å². The Morgan fingerprint density at radius 2 is 1.79 bits per heavy atom. The first-order valence-corrected chi connectivity index (χ1v) is 9.14. The second kappa shape index (κ2) is 8.52. The minimum absolute atomic E-state index is 0.102. The van der Waals surface area contributed by atoms with E-state index in [0.29, 0.717) is 12.2 Å². The Balaban J connectivity index is 1.75. The molecule has 1 amide bonds. The van der Waals surface area contributed by atoms with Crippen LogP contribution >= 0.6 is 0 Å². The number of aryl methyl sites for hydroxylation is 1. The van der Waals surface area contributed by atoms with Gasteiger partial charge in [0.05, 0.1) is 11.8 Å². The fourth-order valence-corrected chi connectivity index (χ4v) is 2.76. The molecule has 0 aliphatic rings. The number of para-hydroxylation sites is 1. The van der Waals surface area contributed by atoms with Crippen molar-refractivity contribution in [3.63, 3.8) is 0 Å². The first kappa shape index (κ1) is 19.4. The molecule has 28 heavy (non-hydrogen) atoms. The van der Waals surface area contributed by atoms with E-state index in [0.717, 1.165) is 17.0 Å². The average molecular weight is 377 g/mol. The van der Waals surface area contributed by atoms with E-state index in [1.54, 1.807) is 11.6 Å². The van der Waals surface area contributed by atoms with E-state index in [1.807, 2.05) is 68.4 Å². The normalized spacial score (nSPS) is 10.7. The number of nitrogens with zero attached hydrogens (tertiary/aromatic N) is 2. The van der Waals surface area contributed by atoms with E-state index in [-0.39, 0.29) is 11.8 Å². The average Bonchev–Trinajstić information content (AvgIpc) is 2.67. The van der Waals surface area contributed by atoms with Crippen LogP contribution in [0.2, 0.25) is 0 Å². The predicted octanol–water partition coefficient (Wildman–Crippen LogP) is 3.26. The lowest BCUT2D eigenvalue weighted by atomic mass is 10.2. The third-order valence-corrected chi connectivity index (χ3v) is 4.07. The molecule has 0 aliphatic heterocycles. The van der Waals surface area contributed by atoms with Crippen LogP contribution in [-0.2, 0) is 6.54 Å². The van der Waals surface area contributed by atoms with Gasteiger partial charge in [0.1, 0.15) is 5.75 Å². The molecule has 0 saturated carbocycles. The van der Waals surface area contributed by atoms with Gasteiger partial charge in [-0.05, 0) is 50.6 Å². The third kappa shape index (κ3) is 4.65. The van der Waals surface area contributed by atoms with Crippen LogP contribution in [0.25, 0.3) is 5.69 Å². The largest absolute Gasteiger partial charge is 0.491 e. The zero-order valence-electron chi connectivity index (χ0n) is 16.2. The highest BCUT2D eigenvalue weighted by Gasteiger charge is 2.15. The van der Waals surface area contributed by atoms with Crippen molar-refractivity contribution in [1.29, 1.82) is 0 Å². The number of nitrogens with one attached hydrogen (secondary N) is 1. The Morgan fingerprint density at radius 1 is 1.11 bits per heavy atom. The van der Waals surface area contributed by atoms with Gasteiger partial charge in [0.15, 0.2) is 5.69 Å². The van der Waals surface area contributed by atoms with Crippen molar-refractivity contribution in [2.24, 2.45) is 0 Å². The van der Waals surface area contributed by atoms with E-state index in [1.165, 1.54) is 6.07 Å². The molecule has 3 rings (SSSR count). The number of hydrogen-bond donors (Lipinski definition) is 1. The van der Waals surface area contributed by atoms with Gasteiger partial charge in [-0.25, -0.2) is 4.68 Å². The number of amides is 1. The molecule has 2 aromatic carbocycles. The van der Waals surface area contributed by atoms with Gasteiger partial charge in [-0.15, -0.1) is 0 Å². The first-order valence-electron chi connectivity index (χ1n) is 9.14. The molecular formula is C22H23N3O3. The molecule has 0 spiro atoms. The summed E-state index contributed by atoms with van der Waals surface area (Å²) in [5.41, 5.74) is 1.82. The molecule has 0 bridgehead atoms. The molecule has 6 nitrogen and oxygen atoms in total. The molecule has 0 aliphatic carbocycles. The maximum Gasteiger partial charge on any atom is 0.276 e. The van der Waals surface area contributed by atoms with Crippen molar-refractivity contribution < 1.29 is 9.53 Å². The highest BCUT2D eigenvalue weighted by atomic mass is 16.5. The maximum absolute atomic E-state index is 12.5. The lowest BCUT2D eigenvalue weighted by Crippen LogP contribution is -2.31. The summed E-state index contributed by atoms with van der Waals surface area (Å²) in [4.78, 5) is 24.8. The maximum atomic E-state index is 12.5. The van der Waals surface area contributed by atoms with Crippen molar-refractivity contribution in [2.45, 2.75) is 33.4 Å². The van der Waals surface area contributed by atoms with Gasteiger partial charge < -0.3 is 10.1 Å². The Kier molecular flexibility index (Phi) is 5.89. The molecule has 0 fully saturated rings. The molecule has 0 unspecified atom stereocenters. The first-order chi connectivity index (χ1) is 13.4. The monoisotopic (exact) mass is 377 g/mol. The van der Waals surface area contributed by atoms with Crippen LogP contribution in [0.1, 0.15) is 35.6 Å². The predicted molar refractivity (Wildman–Crippen MR) is 108 cm³/mol. The van der Waals surface area contributed by atoms with Gasteiger partial charge in [0, 0.05) is 18.3 Å². The summed E-state index contributed by atoms with van der Waals surface area (Å²) in [7, 11) is 0. The highest BCUT2D eigenvalue weighted by molar-refractivity contribution is 5.92. The zero-order valence-corrected chi connectivity index (χ0v) is 16.2. The van der Waals surface area contributed by atoms with Crippen molar-refractivity contribution in [1.82, 2.24) is 15.1 Å². The van der Waals surface area contributed by atoms with Crippen molar-refractivity contribution >= 4 is 5.91 Å². The Labute approximate surface area is 163 Å². The SMILES string of the molecule is Cc1cc(=O)c(C(=O)NCc2ccc(OC(C)C)cc2)nn1-c1ccccc1. The molecule has 144 valence electrons. The van der Waals surface area contributed by atoms with E-state index in [4.69, 9.17) is 4.74 Å². The van der Waals surface area contributed by atoms with Crippen LogP contribution in [0.5, 0.6) is 5.75 Å². The second-order valence-corrected chi connectivity index (χ2v) is 6.74. The minimum atomic E-state index is -0.503. The standard InChI is InChI=1S/C22H23N3O3/c1-15(2)28-19-11-9-17(10-12-19)14-23-22(27)21-20(26)13-16(3)25(24-21)18-7-5-4-6-8-18/h4-13,15H,14H2,1-3H3,(H,23,27). The van der Waals surface area contributed by atoms with Crippen LogP contribution < -0.4 is 15.5 Å². The Morgan fingerprint density at radius 3 is 2.43 bits per heavy atom. The third-order valence-electron chi connectivity index (χ3n) is 4.07. The molecule has 1 N–H and O–H groups in total. The lowest BCUT2D eigenvalue weighted by Gasteiger charge is -2.12. The molecule has 6 heteroatoms. The molecule has 3 aromatic rings. The summed E-state index contributed by atoms with van der Waals surface area (Å²) in [6.45, 7) is 6.00. The van der Waals surface area contributed by atoms with E-state index < -0.39 is 11.3 Å². The van der Waals surface area contributed by atoms with Gasteiger partial charge in [-0.2, -0.15) is 5.10 Å². The van der Waals surface area contributed by atoms with Crippen LogP contribution in [0.15, 0.2) is 65.5 Å². The Hall–Kier alpha value is -3.41. The van der Waals surface area contributed by atoms with Crippen LogP contribution in [0.4, 0.5) is 0 Å². The van der Waals surface area contributed by atoms with Gasteiger partial charge in [0.25, 0.3) is 5.91 Å². The molecule has 1 aromatic heterocycles. The number of carbonyl (C=O) groups excluding carboxylic acids is 1. The number of rotatable bonds is 6. The number of hydrogen-bond acceptors (Lipinski definition) is 4. The van der Waals surface area contributed by atoms with Gasteiger partial charge in [-0.3, -0.25) is 9.59 Å². The fourth-order valence-electron chi connectivity index (χ4n) is 2.76. The van der Waals surface area contributed by atoms with Crippen LogP contribution in [-0.4, -0.2) is 21.8 Å². The smallest absolute Gasteiger partial charge is 0.276 e. The minimum Gasteiger partial charge on any atom is -0.491 e. The van der Waals surface area contributed by atoms with E-state index in [2.05, 4.69) is 10.4 Å². The summed E-state index contributed by atoms with van der Waals surface area (Å²) in [5, 5.41) is 7.03. The number of benzene rings is 2. The summed E-state index contributed by atoms with van der Waals surface area (Å²) in [6.07, 6.45) is 0.102. The van der Waals surface area contributed by atoms with Crippen molar-refractivity contribution in [3.05, 3.63) is 87.8 Å². The van der Waals surface area contributed by atoms with Crippen LogP contribution in [0.3, 0.4) is 0 Å². The number of aromatic nitrogens is 2. The molecule has 0 saturated heterocycles. The van der Waals surface area contributed by atoms with Gasteiger partial charge in [0.2, 0.25) is 5.43 Å². The Bertz CT molecular complexity index is 1010. The topological polar surface area (TPSA) is 73.2 Å². The number of carbonyl (C=O) groups is 1. The molecule has 0 radical (unpaired) electrons. The zero-order chi connectivity index (χ0) is 20.1. The highest BCUT2D eigenvalue weighted by Crippen LogP contribution is 2.14. The summed E-state index contributed by atoms with van der Waals surface area (Å²) in [5.74, 6) is 0.271. The molecule has 1 heterocycles. The number of ether oxygens (including phenoxy) is 1. The van der Waals surface area contributed by atoms with Crippen LogP contribution in [0, 0.1) is 6.92 Å². The fraction of sp³-hybridized carbons (Fsp3) is 0.227. The molecular weight excluding hydrogens is 354 g/mol. The summed E-state index contributed by atoms with van der Waals surface area (Å²) in [6, 6.07) is 18.3.